The Kier molecular flexibility index (Phi) is 5.59. The number of rotatable bonds is 4. The van der Waals surface area contributed by atoms with E-state index in [1.165, 1.54) is 0 Å². The van der Waals surface area contributed by atoms with Gasteiger partial charge in [-0.3, -0.25) is 14.5 Å². The molecule has 3 aromatic heterocycles. The van der Waals surface area contributed by atoms with Gasteiger partial charge in [0.1, 0.15) is 10.7 Å². The molecule has 0 radical (unpaired) electrons. The number of amides is 1. The molecule has 1 fully saturated rings. The number of aromatic nitrogens is 4. The Morgan fingerprint density at radius 2 is 1.79 bits per heavy atom. The van der Waals surface area contributed by atoms with Crippen LogP contribution in [0.15, 0.2) is 41.3 Å². The molecule has 0 aliphatic carbocycles. The van der Waals surface area contributed by atoms with Crippen molar-refractivity contribution in [3.05, 3.63) is 74.4 Å². The predicted molar refractivity (Wildman–Crippen MR) is 129 cm³/mol. The number of fused-ring (bicyclic) bond motifs is 1. The van der Waals surface area contributed by atoms with Gasteiger partial charge in [-0.1, -0.05) is 0 Å². The monoisotopic (exact) mass is 462 g/mol. The standard InChI is InChI=1S/C24H26N6O2S/c1-15-8-9-25-30(15)19-6-4-18(5-7-19)24(32)29-12-10-28(11-13-29)14-20-26-22(31)21-16(2)17(3)33-23(21)27-20/h4-9H,10-14H2,1-3H3,(H,26,27,31). The van der Waals surface area contributed by atoms with Crippen molar-refractivity contribution in [2.45, 2.75) is 27.3 Å². The van der Waals surface area contributed by atoms with Crippen LogP contribution >= 0.6 is 11.3 Å². The van der Waals surface area contributed by atoms with Crippen LogP contribution in [0.25, 0.3) is 15.9 Å². The van der Waals surface area contributed by atoms with Crippen LogP contribution in [-0.4, -0.2) is 61.6 Å². The quantitative estimate of drug-likeness (QED) is 0.504. The smallest absolute Gasteiger partial charge is 0.259 e. The average Bonchev–Trinajstić information content (AvgIpc) is 3.36. The van der Waals surface area contributed by atoms with Crippen LogP contribution in [0.1, 0.15) is 32.3 Å². The van der Waals surface area contributed by atoms with Crippen LogP contribution in [0.3, 0.4) is 0 Å². The number of benzene rings is 1. The fourth-order valence-corrected chi connectivity index (χ4v) is 5.31. The molecule has 9 heteroatoms. The summed E-state index contributed by atoms with van der Waals surface area (Å²) in [6.45, 7) is 9.31. The van der Waals surface area contributed by atoms with Gasteiger partial charge < -0.3 is 9.88 Å². The normalized spacial score (nSPS) is 14.8. The Morgan fingerprint density at radius 1 is 1.06 bits per heavy atom. The van der Waals surface area contributed by atoms with Gasteiger partial charge in [-0.2, -0.15) is 5.10 Å². The van der Waals surface area contributed by atoms with Crippen LogP contribution in [0.4, 0.5) is 0 Å². The molecule has 4 aromatic rings. The highest BCUT2D eigenvalue weighted by Gasteiger charge is 2.23. The number of H-pyrrole nitrogens is 1. The first kappa shape index (κ1) is 21.5. The summed E-state index contributed by atoms with van der Waals surface area (Å²) in [7, 11) is 0. The predicted octanol–water partition coefficient (Wildman–Crippen LogP) is 3.05. The summed E-state index contributed by atoms with van der Waals surface area (Å²) in [6.07, 6.45) is 1.76. The van der Waals surface area contributed by atoms with Gasteiger partial charge in [0.15, 0.2) is 0 Å². The van der Waals surface area contributed by atoms with Crippen molar-refractivity contribution >= 4 is 27.5 Å². The molecule has 1 aromatic carbocycles. The summed E-state index contributed by atoms with van der Waals surface area (Å²) in [5.41, 5.74) is 3.60. The van der Waals surface area contributed by atoms with Crippen molar-refractivity contribution in [3.63, 3.8) is 0 Å². The Hall–Kier alpha value is -3.30. The molecular weight excluding hydrogens is 436 g/mol. The molecule has 4 heterocycles. The molecule has 1 aliphatic heterocycles. The zero-order valence-electron chi connectivity index (χ0n) is 19.0. The summed E-state index contributed by atoms with van der Waals surface area (Å²) >= 11 is 1.56. The SMILES string of the molecule is Cc1sc2nc(CN3CCN(C(=O)c4ccc(-n5nccc5C)cc4)CC3)[nH]c(=O)c2c1C. The molecule has 0 unspecified atom stereocenters. The van der Waals surface area contributed by atoms with Crippen LogP contribution in [0.5, 0.6) is 0 Å². The van der Waals surface area contributed by atoms with E-state index in [4.69, 9.17) is 0 Å². The second-order valence-corrected chi connectivity index (χ2v) is 9.68. The number of thiophene rings is 1. The summed E-state index contributed by atoms with van der Waals surface area (Å²) in [5, 5.41) is 5.01. The second-order valence-electron chi connectivity index (χ2n) is 8.48. The highest BCUT2D eigenvalue weighted by Crippen LogP contribution is 2.26. The third-order valence-corrected chi connectivity index (χ3v) is 7.41. The fourth-order valence-electron chi connectivity index (χ4n) is 4.26. The molecule has 1 aliphatic rings. The first-order valence-corrected chi connectivity index (χ1v) is 11.8. The van der Waals surface area contributed by atoms with Gasteiger partial charge >= 0.3 is 0 Å². The molecule has 8 nitrogen and oxygen atoms in total. The maximum atomic E-state index is 13.0. The minimum absolute atomic E-state index is 0.0378. The van der Waals surface area contributed by atoms with Crippen LogP contribution in [-0.2, 0) is 6.54 Å². The molecule has 33 heavy (non-hydrogen) atoms. The molecule has 0 atom stereocenters. The lowest BCUT2D eigenvalue weighted by Crippen LogP contribution is -2.48. The molecule has 1 N–H and O–H groups in total. The van der Waals surface area contributed by atoms with Crippen molar-refractivity contribution in [1.29, 1.82) is 0 Å². The van der Waals surface area contributed by atoms with Crippen LogP contribution in [0, 0.1) is 20.8 Å². The zero-order chi connectivity index (χ0) is 23.1. The topological polar surface area (TPSA) is 87.1 Å². The lowest BCUT2D eigenvalue weighted by Gasteiger charge is -2.34. The Bertz CT molecular complexity index is 1380. The highest BCUT2D eigenvalue weighted by molar-refractivity contribution is 7.18. The number of aryl methyl sites for hydroxylation is 3. The fraction of sp³-hybridized carbons (Fsp3) is 0.333. The number of nitrogens with one attached hydrogen (secondary N) is 1. The van der Waals surface area contributed by atoms with Gasteiger partial charge in [-0.25, -0.2) is 9.67 Å². The van der Waals surface area contributed by atoms with E-state index in [-0.39, 0.29) is 11.5 Å². The van der Waals surface area contributed by atoms with E-state index in [9.17, 15) is 9.59 Å². The summed E-state index contributed by atoms with van der Waals surface area (Å²) in [4.78, 5) is 39.2. The highest BCUT2D eigenvalue weighted by atomic mass is 32.1. The molecule has 0 saturated carbocycles. The third-order valence-electron chi connectivity index (χ3n) is 6.31. The van der Waals surface area contributed by atoms with E-state index in [2.05, 4.69) is 20.0 Å². The second kappa shape index (κ2) is 8.57. The van der Waals surface area contributed by atoms with Gasteiger partial charge in [0.25, 0.3) is 11.5 Å². The molecule has 5 rings (SSSR count). The van der Waals surface area contributed by atoms with E-state index < -0.39 is 0 Å². The maximum absolute atomic E-state index is 13.0. The minimum atomic E-state index is -0.0700. The van der Waals surface area contributed by atoms with Crippen molar-refractivity contribution in [2.75, 3.05) is 26.2 Å². The number of carbonyl (C=O) groups excluding carboxylic acids is 1. The molecule has 1 saturated heterocycles. The first-order chi connectivity index (χ1) is 15.9. The molecule has 170 valence electrons. The molecular formula is C24H26N6O2S. The lowest BCUT2D eigenvalue weighted by atomic mass is 10.1. The van der Waals surface area contributed by atoms with E-state index in [0.29, 0.717) is 36.4 Å². The number of nitrogens with zero attached hydrogens (tertiary/aromatic N) is 5. The number of hydrogen-bond donors (Lipinski definition) is 1. The maximum Gasteiger partial charge on any atom is 0.259 e. The van der Waals surface area contributed by atoms with E-state index >= 15 is 0 Å². The largest absolute Gasteiger partial charge is 0.336 e. The number of aromatic amines is 1. The summed E-state index contributed by atoms with van der Waals surface area (Å²) < 4.78 is 1.85. The summed E-state index contributed by atoms with van der Waals surface area (Å²) in [6, 6.07) is 9.52. The van der Waals surface area contributed by atoms with Crippen molar-refractivity contribution in [1.82, 2.24) is 29.5 Å². The average molecular weight is 463 g/mol. The lowest BCUT2D eigenvalue weighted by molar-refractivity contribution is 0.0625. The van der Waals surface area contributed by atoms with Crippen LogP contribution < -0.4 is 5.56 Å². The molecule has 0 spiro atoms. The van der Waals surface area contributed by atoms with E-state index in [0.717, 1.165) is 39.7 Å². The van der Waals surface area contributed by atoms with E-state index in [1.54, 1.807) is 17.5 Å². The Balaban J connectivity index is 1.22. The Labute approximate surface area is 195 Å². The zero-order valence-corrected chi connectivity index (χ0v) is 19.8. The molecule has 0 bridgehead atoms. The first-order valence-electron chi connectivity index (χ1n) is 11.0. The summed E-state index contributed by atoms with van der Waals surface area (Å²) in [5.74, 6) is 0.717. The van der Waals surface area contributed by atoms with E-state index in [1.807, 2.05) is 60.7 Å². The van der Waals surface area contributed by atoms with Gasteiger partial charge in [-0.05, 0) is 56.7 Å². The minimum Gasteiger partial charge on any atom is -0.336 e. The van der Waals surface area contributed by atoms with Gasteiger partial charge in [0.2, 0.25) is 0 Å². The van der Waals surface area contributed by atoms with Gasteiger partial charge in [-0.15, -0.1) is 11.3 Å². The van der Waals surface area contributed by atoms with Gasteiger partial charge in [0.05, 0.1) is 17.6 Å². The van der Waals surface area contributed by atoms with Crippen LogP contribution in [0.2, 0.25) is 0 Å². The third kappa shape index (κ3) is 4.09. The number of piperazine rings is 1. The number of carbonyl (C=O) groups is 1. The van der Waals surface area contributed by atoms with Gasteiger partial charge in [0, 0.05) is 48.5 Å². The van der Waals surface area contributed by atoms with Crippen molar-refractivity contribution < 1.29 is 4.79 Å². The molecule has 1 amide bonds. The Morgan fingerprint density at radius 3 is 2.45 bits per heavy atom. The number of hydrogen-bond acceptors (Lipinski definition) is 6. The van der Waals surface area contributed by atoms with Crippen molar-refractivity contribution in [2.24, 2.45) is 0 Å². The van der Waals surface area contributed by atoms with Crippen molar-refractivity contribution in [3.8, 4) is 5.69 Å².